The number of nitrogens with zero attached hydrogens (tertiary/aromatic N) is 8. The van der Waals surface area contributed by atoms with Gasteiger partial charge in [0.2, 0.25) is 0 Å². The molecule has 2 heterocycles. The Kier molecular flexibility index (Phi) is 5.09. The first-order valence-electron chi connectivity index (χ1n) is 6.70. The van der Waals surface area contributed by atoms with Gasteiger partial charge in [0.05, 0.1) is 11.4 Å². The predicted molar refractivity (Wildman–Crippen MR) is 88.3 cm³/mol. The van der Waals surface area contributed by atoms with E-state index in [0.29, 0.717) is 10.0 Å². The third-order valence-electron chi connectivity index (χ3n) is 2.88. The fourth-order valence-corrected chi connectivity index (χ4v) is 2.00. The molecule has 2 aromatic carbocycles. The molecular formula is C14H10Cl2N8. The molecule has 0 saturated heterocycles. The molecule has 0 saturated carbocycles. The van der Waals surface area contributed by atoms with E-state index in [2.05, 4.69) is 31.1 Å². The van der Waals surface area contributed by atoms with E-state index in [0.717, 1.165) is 11.4 Å². The Morgan fingerprint density at radius 3 is 1.25 bits per heavy atom. The largest absolute Gasteiger partial charge is 0.201 e. The normalized spacial score (nSPS) is 10.1. The van der Waals surface area contributed by atoms with E-state index in [1.165, 1.54) is 12.7 Å². The molecule has 4 rings (SSSR count). The van der Waals surface area contributed by atoms with Crippen molar-refractivity contribution in [3.05, 3.63) is 71.2 Å². The van der Waals surface area contributed by atoms with Crippen molar-refractivity contribution in [2.75, 3.05) is 0 Å². The highest BCUT2D eigenvalue weighted by atomic mass is 35.5. The first-order chi connectivity index (χ1) is 11.7. The summed E-state index contributed by atoms with van der Waals surface area (Å²) in [5.74, 6) is 0. The van der Waals surface area contributed by atoms with Gasteiger partial charge in [-0.3, -0.25) is 0 Å². The molecule has 2 aromatic heterocycles. The molecule has 0 aliphatic heterocycles. The van der Waals surface area contributed by atoms with Gasteiger partial charge in [-0.25, -0.2) is 9.36 Å². The van der Waals surface area contributed by atoms with Crippen LogP contribution in [0.4, 0.5) is 0 Å². The monoisotopic (exact) mass is 360 g/mol. The van der Waals surface area contributed by atoms with Crippen LogP contribution in [0.3, 0.4) is 0 Å². The summed E-state index contributed by atoms with van der Waals surface area (Å²) < 4.78 is 3.13. The molecule has 10 heteroatoms. The number of rotatable bonds is 2. The van der Waals surface area contributed by atoms with E-state index in [-0.39, 0.29) is 0 Å². The maximum absolute atomic E-state index is 5.71. The van der Waals surface area contributed by atoms with Gasteiger partial charge in [0.25, 0.3) is 0 Å². The standard InChI is InChI=1S/2C7H5ClN4/c2*8-6-1-3-7(4-2-6)12-5-9-10-11-12/h2*1-5H. The molecule has 0 N–H and O–H groups in total. The summed E-state index contributed by atoms with van der Waals surface area (Å²) in [5, 5.41) is 22.9. The lowest BCUT2D eigenvalue weighted by atomic mass is 10.3. The average molecular weight is 361 g/mol. The van der Waals surface area contributed by atoms with Crippen LogP contribution < -0.4 is 0 Å². The first kappa shape index (κ1) is 16.0. The van der Waals surface area contributed by atoms with Crippen molar-refractivity contribution in [2.45, 2.75) is 0 Å². The van der Waals surface area contributed by atoms with Crippen molar-refractivity contribution in [2.24, 2.45) is 0 Å². The van der Waals surface area contributed by atoms with E-state index >= 15 is 0 Å². The van der Waals surface area contributed by atoms with Crippen LogP contribution in [0, 0.1) is 0 Å². The first-order valence-corrected chi connectivity index (χ1v) is 7.46. The zero-order valence-corrected chi connectivity index (χ0v) is 13.6. The van der Waals surface area contributed by atoms with E-state index in [1.54, 1.807) is 33.6 Å². The van der Waals surface area contributed by atoms with E-state index in [9.17, 15) is 0 Å². The summed E-state index contributed by atoms with van der Waals surface area (Å²) in [6.07, 6.45) is 3.06. The molecule has 4 aromatic rings. The Morgan fingerprint density at radius 2 is 0.958 bits per heavy atom. The Bertz CT molecular complexity index is 783. The topological polar surface area (TPSA) is 87.2 Å². The molecule has 0 unspecified atom stereocenters. The van der Waals surface area contributed by atoms with Crippen LogP contribution in [-0.4, -0.2) is 40.4 Å². The van der Waals surface area contributed by atoms with Crippen LogP contribution >= 0.6 is 23.2 Å². The van der Waals surface area contributed by atoms with Crippen molar-refractivity contribution in [3.8, 4) is 11.4 Å². The lowest BCUT2D eigenvalue weighted by molar-refractivity contribution is 0.789. The van der Waals surface area contributed by atoms with Gasteiger partial charge in [0, 0.05) is 10.0 Å². The summed E-state index contributed by atoms with van der Waals surface area (Å²) in [5.41, 5.74) is 1.79. The highest BCUT2D eigenvalue weighted by molar-refractivity contribution is 6.30. The molecular weight excluding hydrogens is 351 g/mol. The number of tetrazole rings is 2. The summed E-state index contributed by atoms with van der Waals surface area (Å²) in [6.45, 7) is 0. The fourth-order valence-electron chi connectivity index (χ4n) is 1.75. The molecule has 24 heavy (non-hydrogen) atoms. The smallest absolute Gasteiger partial charge is 0.143 e. The van der Waals surface area contributed by atoms with Gasteiger partial charge in [-0.2, -0.15) is 0 Å². The molecule has 0 amide bonds. The molecule has 0 fully saturated rings. The SMILES string of the molecule is Clc1ccc(-n2cnnn2)cc1.Clc1ccc(-n2cnnn2)cc1. The third kappa shape index (κ3) is 4.12. The highest BCUT2D eigenvalue weighted by Crippen LogP contribution is 2.12. The highest BCUT2D eigenvalue weighted by Gasteiger charge is 1.96. The van der Waals surface area contributed by atoms with Crippen LogP contribution in [0.1, 0.15) is 0 Å². The van der Waals surface area contributed by atoms with Crippen LogP contribution in [-0.2, 0) is 0 Å². The second kappa shape index (κ2) is 7.62. The minimum absolute atomic E-state index is 0.701. The van der Waals surface area contributed by atoms with Crippen molar-refractivity contribution in [1.29, 1.82) is 0 Å². The molecule has 0 radical (unpaired) electrons. The second-order valence-electron chi connectivity index (χ2n) is 4.46. The Morgan fingerprint density at radius 1 is 0.583 bits per heavy atom. The molecule has 0 atom stereocenters. The zero-order valence-electron chi connectivity index (χ0n) is 12.1. The number of halogens is 2. The summed E-state index contributed by atoms with van der Waals surface area (Å²) >= 11 is 11.4. The van der Waals surface area contributed by atoms with E-state index < -0.39 is 0 Å². The van der Waals surface area contributed by atoms with Gasteiger partial charge in [0.1, 0.15) is 12.7 Å². The molecule has 8 nitrogen and oxygen atoms in total. The van der Waals surface area contributed by atoms with Gasteiger partial charge in [-0.05, 0) is 69.4 Å². The Hall–Kier alpha value is -2.84. The number of hydrogen-bond donors (Lipinski definition) is 0. The fraction of sp³-hybridized carbons (Fsp3) is 0. The van der Waals surface area contributed by atoms with Gasteiger partial charge < -0.3 is 0 Å². The summed E-state index contributed by atoms with van der Waals surface area (Å²) in [7, 11) is 0. The zero-order chi connectivity index (χ0) is 16.8. The van der Waals surface area contributed by atoms with Gasteiger partial charge in [-0.1, -0.05) is 23.2 Å². The third-order valence-corrected chi connectivity index (χ3v) is 3.38. The second-order valence-corrected chi connectivity index (χ2v) is 5.33. The van der Waals surface area contributed by atoms with Crippen LogP contribution in [0.15, 0.2) is 61.2 Å². The number of aromatic nitrogens is 8. The summed E-state index contributed by atoms with van der Waals surface area (Å²) in [4.78, 5) is 0. The maximum Gasteiger partial charge on any atom is 0.143 e. The molecule has 0 spiro atoms. The van der Waals surface area contributed by atoms with Crippen LogP contribution in [0.2, 0.25) is 10.0 Å². The van der Waals surface area contributed by atoms with Crippen molar-refractivity contribution >= 4 is 23.2 Å². The number of hydrogen-bond acceptors (Lipinski definition) is 6. The summed E-state index contributed by atoms with van der Waals surface area (Å²) in [6, 6.07) is 14.5. The van der Waals surface area contributed by atoms with Crippen molar-refractivity contribution in [3.63, 3.8) is 0 Å². The Labute approximate surface area is 146 Å². The van der Waals surface area contributed by atoms with Gasteiger partial charge in [0.15, 0.2) is 0 Å². The van der Waals surface area contributed by atoms with Crippen LogP contribution in [0.25, 0.3) is 11.4 Å². The predicted octanol–water partition coefficient (Wildman–Crippen LogP) is 2.63. The number of benzene rings is 2. The minimum Gasteiger partial charge on any atom is -0.201 e. The quantitative estimate of drug-likeness (QED) is 0.546. The molecule has 0 aliphatic rings. The molecule has 0 aliphatic carbocycles. The Balaban J connectivity index is 0.000000141. The minimum atomic E-state index is 0.701. The van der Waals surface area contributed by atoms with E-state index in [1.807, 2.05) is 24.3 Å². The average Bonchev–Trinajstić information content (AvgIpc) is 3.31. The lowest BCUT2D eigenvalue weighted by Crippen LogP contribution is -1.93. The van der Waals surface area contributed by atoms with Crippen molar-refractivity contribution in [1.82, 2.24) is 40.4 Å². The van der Waals surface area contributed by atoms with E-state index in [4.69, 9.17) is 23.2 Å². The van der Waals surface area contributed by atoms with Gasteiger partial charge in [-0.15, -0.1) is 10.2 Å². The molecule has 120 valence electrons. The van der Waals surface area contributed by atoms with Crippen molar-refractivity contribution < 1.29 is 0 Å². The maximum atomic E-state index is 5.71. The molecule has 0 bridgehead atoms. The van der Waals surface area contributed by atoms with Gasteiger partial charge >= 0.3 is 0 Å². The van der Waals surface area contributed by atoms with Crippen LogP contribution in [0.5, 0.6) is 0 Å². The lowest BCUT2D eigenvalue weighted by Gasteiger charge is -1.96.